The van der Waals surface area contributed by atoms with Gasteiger partial charge in [-0.2, -0.15) is 0 Å². The lowest BCUT2D eigenvalue weighted by molar-refractivity contribution is -0.140. The number of benzene rings is 1. The van der Waals surface area contributed by atoms with Crippen LogP contribution < -0.4 is 0 Å². The average molecular weight is 418 g/mol. The molecule has 3 heterocycles. The van der Waals surface area contributed by atoms with Crippen LogP contribution in [0.4, 0.5) is 0 Å². The standard InChI is InChI=1S/C25H26N2O4/c28-23(19-8-7-16-4-1-2-5-18(16)14-19)21-22(17-9-11-26-12-10-17)27(25(30)24(21)29)15-20-6-3-13-31-20/h7-12,14,20,22,28H,1-6,13,15H2/b23-21-. The number of aliphatic hydroxyl groups is 1. The summed E-state index contributed by atoms with van der Waals surface area (Å²) in [6, 6.07) is 8.80. The molecule has 0 bridgehead atoms. The smallest absolute Gasteiger partial charge is 0.295 e. The minimum Gasteiger partial charge on any atom is -0.507 e. The number of hydrogen-bond donors (Lipinski definition) is 1. The van der Waals surface area contributed by atoms with Crippen molar-refractivity contribution in [3.05, 3.63) is 70.6 Å². The van der Waals surface area contributed by atoms with Gasteiger partial charge >= 0.3 is 0 Å². The predicted octanol–water partition coefficient (Wildman–Crippen LogP) is 3.56. The van der Waals surface area contributed by atoms with Gasteiger partial charge in [-0.15, -0.1) is 0 Å². The number of fused-ring (bicyclic) bond motifs is 1. The largest absolute Gasteiger partial charge is 0.507 e. The van der Waals surface area contributed by atoms with Crippen LogP contribution in [-0.4, -0.2) is 45.9 Å². The van der Waals surface area contributed by atoms with Crippen LogP contribution in [-0.2, 0) is 27.2 Å². The first-order valence-electron chi connectivity index (χ1n) is 11.1. The molecule has 2 unspecified atom stereocenters. The number of ketones is 1. The molecule has 3 aliphatic rings. The molecule has 2 fully saturated rings. The summed E-state index contributed by atoms with van der Waals surface area (Å²) in [4.78, 5) is 31.7. The fourth-order valence-electron chi connectivity index (χ4n) is 5.00. The van der Waals surface area contributed by atoms with E-state index in [0.29, 0.717) is 18.7 Å². The van der Waals surface area contributed by atoms with Gasteiger partial charge in [-0.25, -0.2) is 0 Å². The SMILES string of the molecule is O=C1C(=O)N(CC2CCCO2)C(c2ccncc2)/C1=C(/O)c1ccc2c(c1)CCCC2. The second-order valence-electron chi connectivity index (χ2n) is 8.56. The van der Waals surface area contributed by atoms with Crippen LogP contribution >= 0.6 is 0 Å². The second-order valence-corrected chi connectivity index (χ2v) is 8.56. The van der Waals surface area contributed by atoms with Crippen LogP contribution in [0.25, 0.3) is 5.76 Å². The molecule has 6 nitrogen and oxygen atoms in total. The van der Waals surface area contributed by atoms with Crippen LogP contribution in [0.15, 0.2) is 48.3 Å². The topological polar surface area (TPSA) is 79.7 Å². The highest BCUT2D eigenvalue weighted by atomic mass is 16.5. The van der Waals surface area contributed by atoms with Gasteiger partial charge in [0, 0.05) is 31.1 Å². The number of hydrogen-bond acceptors (Lipinski definition) is 5. The number of pyridine rings is 1. The number of aromatic nitrogens is 1. The lowest BCUT2D eigenvalue weighted by Crippen LogP contribution is -2.36. The summed E-state index contributed by atoms with van der Waals surface area (Å²) in [5.41, 5.74) is 4.00. The Morgan fingerprint density at radius 3 is 2.58 bits per heavy atom. The zero-order valence-corrected chi connectivity index (χ0v) is 17.4. The fraction of sp³-hybridized carbons (Fsp3) is 0.400. The number of aliphatic hydroxyl groups excluding tert-OH is 1. The van der Waals surface area contributed by atoms with Crippen molar-refractivity contribution in [2.45, 2.75) is 50.7 Å². The molecule has 31 heavy (non-hydrogen) atoms. The van der Waals surface area contributed by atoms with Crippen molar-refractivity contribution in [2.75, 3.05) is 13.2 Å². The third kappa shape index (κ3) is 3.65. The molecule has 1 aliphatic carbocycles. The molecule has 0 spiro atoms. The molecule has 6 heteroatoms. The van der Waals surface area contributed by atoms with Crippen molar-refractivity contribution in [3.63, 3.8) is 0 Å². The maximum atomic E-state index is 13.1. The number of Topliss-reactive ketones (excluding diaryl/α,β-unsaturated/α-hetero) is 1. The lowest BCUT2D eigenvalue weighted by atomic mass is 9.89. The molecule has 5 rings (SSSR count). The van der Waals surface area contributed by atoms with Gasteiger partial charge < -0.3 is 14.7 Å². The minimum atomic E-state index is -0.650. The zero-order valence-electron chi connectivity index (χ0n) is 17.4. The predicted molar refractivity (Wildman–Crippen MR) is 115 cm³/mol. The number of aryl methyl sites for hydroxylation is 2. The normalized spacial score (nSPS) is 25.1. The first-order valence-corrected chi connectivity index (χ1v) is 11.1. The molecule has 1 N–H and O–H groups in total. The Labute approximate surface area is 181 Å². The van der Waals surface area contributed by atoms with Crippen molar-refractivity contribution in [3.8, 4) is 0 Å². The quantitative estimate of drug-likeness (QED) is 0.467. The highest BCUT2D eigenvalue weighted by Gasteiger charge is 2.47. The van der Waals surface area contributed by atoms with Gasteiger partial charge in [0.1, 0.15) is 5.76 Å². The number of carbonyl (C=O) groups is 2. The number of rotatable bonds is 4. The molecule has 0 radical (unpaired) electrons. The molecule has 1 aromatic carbocycles. The first kappa shape index (κ1) is 19.9. The molecule has 2 saturated heterocycles. The maximum Gasteiger partial charge on any atom is 0.295 e. The Kier molecular flexibility index (Phi) is 5.32. The molecule has 1 amide bonds. The van der Waals surface area contributed by atoms with Crippen LogP contribution in [0.3, 0.4) is 0 Å². The van der Waals surface area contributed by atoms with Gasteiger partial charge in [0.2, 0.25) is 0 Å². The Morgan fingerprint density at radius 2 is 1.84 bits per heavy atom. The molecule has 2 aromatic rings. The zero-order chi connectivity index (χ0) is 21.4. The summed E-state index contributed by atoms with van der Waals surface area (Å²) in [6.07, 6.45) is 9.30. The third-order valence-corrected chi connectivity index (χ3v) is 6.61. The first-order chi connectivity index (χ1) is 15.1. The number of likely N-dealkylation sites (tertiary alicyclic amines) is 1. The molecular formula is C25H26N2O4. The molecule has 0 saturated carbocycles. The van der Waals surface area contributed by atoms with E-state index in [0.717, 1.165) is 37.7 Å². The average Bonchev–Trinajstić information content (AvgIpc) is 3.41. The summed E-state index contributed by atoms with van der Waals surface area (Å²) in [7, 11) is 0. The maximum absolute atomic E-state index is 13.1. The van der Waals surface area contributed by atoms with Crippen LogP contribution in [0, 0.1) is 0 Å². The van der Waals surface area contributed by atoms with Gasteiger partial charge in [-0.3, -0.25) is 14.6 Å². The highest BCUT2D eigenvalue weighted by Crippen LogP contribution is 2.40. The number of amides is 1. The van der Waals surface area contributed by atoms with E-state index in [1.165, 1.54) is 17.5 Å². The van der Waals surface area contributed by atoms with Crippen molar-refractivity contribution < 1.29 is 19.4 Å². The second kappa shape index (κ2) is 8.27. The van der Waals surface area contributed by atoms with Crippen LogP contribution in [0.2, 0.25) is 0 Å². The molecule has 2 aliphatic heterocycles. The van der Waals surface area contributed by atoms with E-state index in [2.05, 4.69) is 4.98 Å². The van der Waals surface area contributed by atoms with Crippen molar-refractivity contribution >= 4 is 17.4 Å². The molecule has 160 valence electrons. The minimum absolute atomic E-state index is 0.0914. The van der Waals surface area contributed by atoms with E-state index in [9.17, 15) is 14.7 Å². The van der Waals surface area contributed by atoms with Crippen molar-refractivity contribution in [2.24, 2.45) is 0 Å². The van der Waals surface area contributed by atoms with E-state index in [4.69, 9.17) is 4.74 Å². The Hall–Kier alpha value is -2.99. The van der Waals surface area contributed by atoms with Gasteiger partial charge in [-0.05, 0) is 73.4 Å². The van der Waals surface area contributed by atoms with E-state index >= 15 is 0 Å². The van der Waals surface area contributed by atoms with Crippen molar-refractivity contribution in [1.82, 2.24) is 9.88 Å². The summed E-state index contributed by atoms with van der Waals surface area (Å²) in [5.74, 6) is -1.34. The Morgan fingerprint density at radius 1 is 1.06 bits per heavy atom. The van der Waals surface area contributed by atoms with E-state index in [-0.39, 0.29) is 17.4 Å². The van der Waals surface area contributed by atoms with Crippen LogP contribution in [0.1, 0.15) is 54.0 Å². The van der Waals surface area contributed by atoms with Crippen LogP contribution in [0.5, 0.6) is 0 Å². The molecule has 1 aromatic heterocycles. The third-order valence-electron chi connectivity index (χ3n) is 6.61. The van der Waals surface area contributed by atoms with Gasteiger partial charge in [0.15, 0.2) is 0 Å². The summed E-state index contributed by atoms with van der Waals surface area (Å²) >= 11 is 0. The fourth-order valence-corrected chi connectivity index (χ4v) is 5.00. The van der Waals surface area contributed by atoms with E-state index < -0.39 is 17.7 Å². The summed E-state index contributed by atoms with van der Waals surface area (Å²) in [5, 5.41) is 11.3. The van der Waals surface area contributed by atoms with Gasteiger partial charge in [0.25, 0.3) is 11.7 Å². The number of nitrogens with zero attached hydrogens (tertiary/aromatic N) is 2. The summed E-state index contributed by atoms with van der Waals surface area (Å²) in [6.45, 7) is 1.00. The van der Waals surface area contributed by atoms with Crippen molar-refractivity contribution in [1.29, 1.82) is 0 Å². The Balaban J connectivity index is 1.59. The monoisotopic (exact) mass is 418 g/mol. The van der Waals surface area contributed by atoms with Gasteiger partial charge in [0.05, 0.1) is 17.7 Å². The molecule has 2 atom stereocenters. The lowest BCUT2D eigenvalue weighted by Gasteiger charge is -2.27. The van der Waals surface area contributed by atoms with E-state index in [1.807, 2.05) is 18.2 Å². The Bertz CT molecular complexity index is 1040. The number of ether oxygens (including phenoxy) is 1. The molecular weight excluding hydrogens is 392 g/mol. The summed E-state index contributed by atoms with van der Waals surface area (Å²) < 4.78 is 5.73. The highest BCUT2D eigenvalue weighted by molar-refractivity contribution is 6.46. The van der Waals surface area contributed by atoms with Gasteiger partial charge in [-0.1, -0.05) is 12.1 Å². The van der Waals surface area contributed by atoms with E-state index in [1.54, 1.807) is 29.4 Å². The number of carbonyl (C=O) groups excluding carboxylic acids is 2.